The molecule has 0 aliphatic carbocycles. The Labute approximate surface area is 246 Å². The predicted octanol–water partition coefficient (Wildman–Crippen LogP) is -2.14. The lowest BCUT2D eigenvalue weighted by atomic mass is 10.0. The third-order valence-electron chi connectivity index (χ3n) is 7.46. The lowest BCUT2D eigenvalue weighted by Crippen LogP contribution is -2.53. The molecule has 0 spiro atoms. The Balaban J connectivity index is 2.01. The fourth-order valence-corrected chi connectivity index (χ4v) is 5.13. The zero-order valence-corrected chi connectivity index (χ0v) is 24.6. The normalized spacial score (nSPS) is 20.2. The van der Waals surface area contributed by atoms with Gasteiger partial charge in [-0.15, -0.1) is 6.58 Å². The van der Waals surface area contributed by atoms with Gasteiger partial charge in [-0.25, -0.2) is 0 Å². The van der Waals surface area contributed by atoms with Crippen LogP contribution in [0, 0.1) is 0 Å². The molecular weight excluding hydrogens is 550 g/mol. The Morgan fingerprint density at radius 2 is 1.07 bits per heavy atom. The number of nitrogens with two attached hydrogens (primary N) is 1. The summed E-state index contributed by atoms with van der Waals surface area (Å²) in [4.78, 5) is 68.7. The van der Waals surface area contributed by atoms with Gasteiger partial charge in [-0.2, -0.15) is 0 Å². The molecule has 0 unspecified atom stereocenters. The minimum absolute atomic E-state index is 0.0748. The van der Waals surface area contributed by atoms with E-state index in [0.717, 1.165) is 5.57 Å². The molecule has 0 aromatic rings. The molecule has 0 radical (unpaired) electrons. The monoisotopic (exact) mass is 597 g/mol. The highest BCUT2D eigenvalue weighted by Gasteiger charge is 2.27. The smallest absolute Gasteiger partial charge is 0.317 e. The Bertz CT molecular complexity index is 925. The Morgan fingerprint density at radius 1 is 0.714 bits per heavy atom. The molecule has 2 saturated heterocycles. The van der Waals surface area contributed by atoms with Gasteiger partial charge in [-0.3, -0.25) is 43.6 Å². The van der Waals surface area contributed by atoms with Gasteiger partial charge in [0.15, 0.2) is 0 Å². The van der Waals surface area contributed by atoms with Gasteiger partial charge in [0.05, 0.1) is 32.2 Å². The lowest BCUT2D eigenvalue weighted by Gasteiger charge is -2.36. The molecule has 42 heavy (non-hydrogen) atoms. The summed E-state index contributed by atoms with van der Waals surface area (Å²) in [6.07, 6.45) is 1.61. The number of likely N-dealkylation sites (tertiary alicyclic amines) is 1. The van der Waals surface area contributed by atoms with Crippen LogP contribution in [0.15, 0.2) is 12.2 Å². The van der Waals surface area contributed by atoms with Gasteiger partial charge in [0, 0.05) is 71.5 Å². The molecule has 238 valence electrons. The fraction of sp³-hybridized carbons (Fsp3) is 0.741. The molecule has 15 nitrogen and oxygen atoms in total. The number of carbonyl (C=O) groups is 5. The highest BCUT2D eigenvalue weighted by molar-refractivity contribution is 5.82. The summed E-state index contributed by atoms with van der Waals surface area (Å²) in [6.45, 7) is 8.68. The molecule has 2 fully saturated rings. The van der Waals surface area contributed by atoms with Crippen molar-refractivity contribution in [2.45, 2.75) is 38.3 Å². The second kappa shape index (κ2) is 17.8. The van der Waals surface area contributed by atoms with Gasteiger partial charge in [-0.05, 0) is 26.2 Å². The number of rotatable bonds is 12. The van der Waals surface area contributed by atoms with Gasteiger partial charge in [-0.1, -0.05) is 5.57 Å². The first-order chi connectivity index (χ1) is 19.8. The van der Waals surface area contributed by atoms with E-state index >= 15 is 0 Å². The first kappa shape index (κ1) is 35.1. The molecule has 2 aliphatic rings. The van der Waals surface area contributed by atoms with Crippen molar-refractivity contribution in [3.05, 3.63) is 12.2 Å². The van der Waals surface area contributed by atoms with Crippen molar-refractivity contribution in [2.24, 2.45) is 5.73 Å². The Morgan fingerprint density at radius 3 is 1.40 bits per heavy atom. The van der Waals surface area contributed by atoms with E-state index in [1.165, 1.54) is 0 Å². The van der Waals surface area contributed by atoms with E-state index in [-0.39, 0.29) is 44.0 Å². The maximum Gasteiger partial charge on any atom is 0.317 e. The van der Waals surface area contributed by atoms with E-state index in [0.29, 0.717) is 84.7 Å². The first-order valence-corrected chi connectivity index (χ1v) is 14.3. The van der Waals surface area contributed by atoms with Crippen LogP contribution in [0.25, 0.3) is 0 Å². The summed E-state index contributed by atoms with van der Waals surface area (Å²) in [6, 6.07) is -0.730. The maximum atomic E-state index is 13.3. The number of carboxylic acid groups (broad SMARTS) is 3. The number of amides is 2. The van der Waals surface area contributed by atoms with E-state index in [1.807, 2.05) is 11.8 Å². The van der Waals surface area contributed by atoms with Crippen molar-refractivity contribution in [3.63, 3.8) is 0 Å². The van der Waals surface area contributed by atoms with Crippen LogP contribution in [0.4, 0.5) is 0 Å². The largest absolute Gasteiger partial charge is 0.480 e. The minimum atomic E-state index is -1.01. The van der Waals surface area contributed by atoms with Crippen LogP contribution in [0.5, 0.6) is 0 Å². The maximum absolute atomic E-state index is 13.3. The summed E-state index contributed by atoms with van der Waals surface area (Å²) in [5.74, 6) is -3.34. The van der Waals surface area contributed by atoms with Gasteiger partial charge in [0.1, 0.15) is 0 Å². The molecule has 1 atom stereocenters. The van der Waals surface area contributed by atoms with Crippen molar-refractivity contribution in [3.8, 4) is 0 Å². The van der Waals surface area contributed by atoms with Crippen LogP contribution in [-0.2, 0) is 24.0 Å². The number of nitrogens with zero attached hydrogens (tertiary/aromatic N) is 5. The molecule has 0 aromatic heterocycles. The van der Waals surface area contributed by atoms with Crippen molar-refractivity contribution < 1.29 is 39.3 Å². The van der Waals surface area contributed by atoms with Crippen LogP contribution in [0.2, 0.25) is 0 Å². The van der Waals surface area contributed by atoms with Gasteiger partial charge in [0.25, 0.3) is 0 Å². The second-order valence-electron chi connectivity index (χ2n) is 11.2. The minimum Gasteiger partial charge on any atom is -0.480 e. The Hall–Kier alpha value is -3.11. The van der Waals surface area contributed by atoms with Crippen molar-refractivity contribution in [1.82, 2.24) is 29.8 Å². The molecule has 15 heteroatoms. The topological polar surface area (TPSA) is 200 Å². The number of piperidine rings is 1. The number of nitrogens with one attached hydrogen (secondary N) is 1. The molecule has 0 bridgehead atoms. The molecule has 2 heterocycles. The number of carboxylic acids is 3. The summed E-state index contributed by atoms with van der Waals surface area (Å²) >= 11 is 0. The van der Waals surface area contributed by atoms with Crippen molar-refractivity contribution in [1.29, 1.82) is 0 Å². The highest BCUT2D eigenvalue weighted by atomic mass is 16.4. The average molecular weight is 598 g/mol. The molecule has 6 N–H and O–H groups in total. The molecule has 0 aromatic carbocycles. The van der Waals surface area contributed by atoms with Gasteiger partial charge >= 0.3 is 17.9 Å². The average Bonchev–Trinajstić information content (AvgIpc) is 2.89. The summed E-state index contributed by atoms with van der Waals surface area (Å²) in [7, 11) is 0. The summed E-state index contributed by atoms with van der Waals surface area (Å²) in [5, 5.41) is 31.0. The number of carbonyl (C=O) groups excluding carboxylic acids is 2. The van der Waals surface area contributed by atoms with Crippen molar-refractivity contribution >= 4 is 29.7 Å². The van der Waals surface area contributed by atoms with Gasteiger partial charge in [0.2, 0.25) is 11.8 Å². The molecule has 0 saturated carbocycles. The van der Waals surface area contributed by atoms with Crippen LogP contribution in [0.1, 0.15) is 26.2 Å². The van der Waals surface area contributed by atoms with E-state index in [1.54, 1.807) is 19.6 Å². The standard InChI is InChI=1S/C27H47N7O8/c1-20(2)15-22(28)27(42)29-21-3-5-34(6-4-21)23(35)16-30-7-9-31(17-24(36)37)11-13-33(19-26(40)41)14-12-32(10-8-30)18-25(38)39/h21-22H,1,3-19,28H2,2H3,(H,29,42)(H,36,37)(H,38,39)(H,40,41)/t22-/m0/s1. The Kier molecular flexibility index (Phi) is 14.8. The van der Waals surface area contributed by atoms with Crippen LogP contribution >= 0.6 is 0 Å². The van der Waals surface area contributed by atoms with Gasteiger partial charge < -0.3 is 31.3 Å². The van der Waals surface area contributed by atoms with Crippen LogP contribution in [0.3, 0.4) is 0 Å². The van der Waals surface area contributed by atoms with E-state index in [2.05, 4.69) is 11.9 Å². The predicted molar refractivity (Wildman–Crippen MR) is 154 cm³/mol. The zero-order valence-electron chi connectivity index (χ0n) is 24.6. The van der Waals surface area contributed by atoms with Crippen molar-refractivity contribution in [2.75, 3.05) is 91.6 Å². The summed E-state index contributed by atoms with van der Waals surface area (Å²) in [5.41, 5.74) is 6.77. The van der Waals surface area contributed by atoms with E-state index in [9.17, 15) is 39.3 Å². The zero-order chi connectivity index (χ0) is 31.2. The van der Waals surface area contributed by atoms with E-state index < -0.39 is 23.9 Å². The third-order valence-corrected chi connectivity index (χ3v) is 7.46. The first-order valence-electron chi connectivity index (χ1n) is 14.3. The highest BCUT2D eigenvalue weighted by Crippen LogP contribution is 2.12. The van der Waals surface area contributed by atoms with Crippen LogP contribution in [-0.4, -0.2) is 173 Å². The molecule has 2 aliphatic heterocycles. The lowest BCUT2D eigenvalue weighted by molar-refractivity contribution is -0.141. The van der Waals surface area contributed by atoms with Crippen LogP contribution < -0.4 is 11.1 Å². The molecule has 2 rings (SSSR count). The third kappa shape index (κ3) is 13.7. The molecule has 2 amide bonds. The fourth-order valence-electron chi connectivity index (χ4n) is 5.13. The van der Waals surface area contributed by atoms with E-state index in [4.69, 9.17) is 5.73 Å². The molecular formula is C27H47N7O8. The summed E-state index contributed by atoms with van der Waals surface area (Å²) < 4.78 is 0. The quantitative estimate of drug-likeness (QED) is 0.153. The SMILES string of the molecule is C=C(C)C[C@H](N)C(=O)NC1CCN(C(=O)CN2CCN(CC(=O)O)CCN(CC(=O)O)CCN(CC(=O)O)CC2)CC1. The number of hydrogen-bond acceptors (Lipinski definition) is 10. The second-order valence-corrected chi connectivity index (χ2v) is 11.2. The number of aliphatic carboxylic acids is 3. The number of hydrogen-bond donors (Lipinski definition) is 5.